The molecule has 0 saturated heterocycles. The number of phenolic OH excluding ortho intramolecular Hbond substituents is 2. The minimum atomic E-state index is 0.103. The molecule has 0 saturated carbocycles. The highest BCUT2D eigenvalue weighted by molar-refractivity contribution is 5.65. The van der Waals surface area contributed by atoms with Crippen LogP contribution in [0.4, 0.5) is 0 Å². The summed E-state index contributed by atoms with van der Waals surface area (Å²) in [6.45, 7) is 0. The molecule has 3 rings (SSSR count). The minimum absolute atomic E-state index is 0.103. The summed E-state index contributed by atoms with van der Waals surface area (Å²) < 4.78 is 10.4. The van der Waals surface area contributed by atoms with Crippen molar-refractivity contribution in [3.05, 3.63) is 53.1 Å². The van der Waals surface area contributed by atoms with Crippen LogP contribution < -0.4 is 9.47 Å². The van der Waals surface area contributed by atoms with Crippen LogP contribution in [0.2, 0.25) is 0 Å². The van der Waals surface area contributed by atoms with E-state index >= 15 is 0 Å². The Morgan fingerprint density at radius 2 is 1.68 bits per heavy atom. The molecule has 0 heterocycles. The van der Waals surface area contributed by atoms with E-state index in [0.29, 0.717) is 11.5 Å². The van der Waals surface area contributed by atoms with Crippen molar-refractivity contribution in [2.75, 3.05) is 14.2 Å². The number of ether oxygens (including phenoxy) is 2. The van der Waals surface area contributed by atoms with E-state index in [2.05, 4.69) is 6.08 Å². The molecule has 1 aliphatic carbocycles. The molecule has 0 bridgehead atoms. The lowest BCUT2D eigenvalue weighted by Gasteiger charge is -2.23. The summed E-state index contributed by atoms with van der Waals surface area (Å²) in [5.74, 6) is 1.27. The van der Waals surface area contributed by atoms with E-state index in [1.165, 1.54) is 14.2 Å². The molecule has 0 aromatic heterocycles. The molecule has 2 N–H and O–H groups in total. The van der Waals surface area contributed by atoms with E-state index in [0.717, 1.165) is 23.1 Å². The summed E-state index contributed by atoms with van der Waals surface area (Å²) in [5.41, 5.74) is 3.09. The maximum Gasteiger partial charge on any atom is 0.161 e. The predicted octanol–water partition coefficient (Wildman–Crippen LogP) is 3.66. The molecule has 0 spiro atoms. The molecule has 114 valence electrons. The number of hydrogen-bond donors (Lipinski definition) is 2. The van der Waals surface area contributed by atoms with Gasteiger partial charge in [0.2, 0.25) is 0 Å². The minimum Gasteiger partial charge on any atom is -0.504 e. The molecule has 1 aliphatic rings. The third-order valence-corrected chi connectivity index (χ3v) is 4.04. The van der Waals surface area contributed by atoms with Crippen LogP contribution in [0.15, 0.2) is 36.4 Å². The predicted molar refractivity (Wildman–Crippen MR) is 84.8 cm³/mol. The van der Waals surface area contributed by atoms with Gasteiger partial charge >= 0.3 is 0 Å². The topological polar surface area (TPSA) is 58.9 Å². The number of rotatable bonds is 3. The summed E-state index contributed by atoms with van der Waals surface area (Å²) in [4.78, 5) is 0. The fraction of sp³-hybridized carbons (Fsp3) is 0.222. The average Bonchev–Trinajstić information content (AvgIpc) is 2.54. The molecule has 0 amide bonds. The summed E-state index contributed by atoms with van der Waals surface area (Å²) in [7, 11) is 3.07. The highest BCUT2D eigenvalue weighted by Crippen LogP contribution is 2.42. The summed E-state index contributed by atoms with van der Waals surface area (Å²) in [5, 5.41) is 19.8. The van der Waals surface area contributed by atoms with Crippen LogP contribution in [0.3, 0.4) is 0 Å². The van der Waals surface area contributed by atoms with E-state index in [4.69, 9.17) is 9.47 Å². The number of aromatic hydroxyl groups is 2. The standard InChI is InChI=1S/C18H18O4/c1-21-17-9-12(6-7-15(17)19)13-5-3-4-11-8-18(22-2)16(20)10-14(11)13/h3-4,6-10,13,19-20H,5H2,1-2H3. The van der Waals surface area contributed by atoms with E-state index < -0.39 is 0 Å². The van der Waals surface area contributed by atoms with Crippen LogP contribution in [-0.4, -0.2) is 24.4 Å². The normalized spacial score (nSPS) is 16.2. The lowest BCUT2D eigenvalue weighted by atomic mass is 9.82. The fourth-order valence-electron chi connectivity index (χ4n) is 2.89. The van der Waals surface area contributed by atoms with Gasteiger partial charge in [0.15, 0.2) is 23.0 Å². The number of fused-ring (bicyclic) bond motifs is 1. The maximum atomic E-state index is 10.1. The molecule has 2 aromatic carbocycles. The monoisotopic (exact) mass is 298 g/mol. The second-order valence-corrected chi connectivity index (χ2v) is 5.27. The highest BCUT2D eigenvalue weighted by Gasteiger charge is 2.22. The van der Waals surface area contributed by atoms with Crippen molar-refractivity contribution in [2.45, 2.75) is 12.3 Å². The van der Waals surface area contributed by atoms with Crippen LogP contribution >= 0.6 is 0 Å². The first-order chi connectivity index (χ1) is 10.6. The van der Waals surface area contributed by atoms with Gasteiger partial charge in [0.1, 0.15) is 0 Å². The Hall–Kier alpha value is -2.62. The van der Waals surface area contributed by atoms with Gasteiger partial charge in [0.25, 0.3) is 0 Å². The van der Waals surface area contributed by atoms with Crippen LogP contribution in [-0.2, 0) is 0 Å². The molecule has 1 atom stereocenters. The number of benzene rings is 2. The maximum absolute atomic E-state index is 10.1. The Morgan fingerprint density at radius 1 is 0.955 bits per heavy atom. The zero-order chi connectivity index (χ0) is 15.7. The Balaban J connectivity index is 2.08. The van der Waals surface area contributed by atoms with Gasteiger partial charge in [-0.1, -0.05) is 18.2 Å². The summed E-state index contributed by atoms with van der Waals surface area (Å²) in [6, 6.07) is 8.94. The molecule has 2 aromatic rings. The molecule has 4 heteroatoms. The molecule has 4 nitrogen and oxygen atoms in total. The lowest BCUT2D eigenvalue weighted by Crippen LogP contribution is -2.06. The van der Waals surface area contributed by atoms with Crippen molar-refractivity contribution in [2.24, 2.45) is 0 Å². The van der Waals surface area contributed by atoms with Crippen molar-refractivity contribution in [3.63, 3.8) is 0 Å². The lowest BCUT2D eigenvalue weighted by molar-refractivity contribution is 0.372. The van der Waals surface area contributed by atoms with Gasteiger partial charge < -0.3 is 19.7 Å². The molecule has 0 fully saturated rings. The zero-order valence-electron chi connectivity index (χ0n) is 12.5. The molecule has 1 unspecified atom stereocenters. The number of methoxy groups -OCH3 is 2. The molecular weight excluding hydrogens is 280 g/mol. The molecular formula is C18H18O4. The molecule has 0 aliphatic heterocycles. The van der Waals surface area contributed by atoms with Gasteiger partial charge in [-0.05, 0) is 47.4 Å². The van der Waals surface area contributed by atoms with E-state index in [-0.39, 0.29) is 17.4 Å². The van der Waals surface area contributed by atoms with Crippen LogP contribution in [0.1, 0.15) is 29.0 Å². The fourth-order valence-corrected chi connectivity index (χ4v) is 2.89. The SMILES string of the molecule is COc1cc(C2CC=Cc3cc(OC)c(O)cc32)ccc1O. The first kappa shape index (κ1) is 14.3. The van der Waals surface area contributed by atoms with Crippen molar-refractivity contribution in [1.82, 2.24) is 0 Å². The smallest absolute Gasteiger partial charge is 0.161 e. The van der Waals surface area contributed by atoms with Gasteiger partial charge in [0.05, 0.1) is 14.2 Å². The quantitative estimate of drug-likeness (QED) is 0.908. The second kappa shape index (κ2) is 5.64. The van der Waals surface area contributed by atoms with Crippen molar-refractivity contribution in [3.8, 4) is 23.0 Å². The van der Waals surface area contributed by atoms with Crippen LogP contribution in [0.5, 0.6) is 23.0 Å². The van der Waals surface area contributed by atoms with Gasteiger partial charge in [-0.3, -0.25) is 0 Å². The molecule has 0 radical (unpaired) electrons. The number of hydrogen-bond acceptors (Lipinski definition) is 4. The Bertz CT molecular complexity index is 734. The Kier molecular flexibility index (Phi) is 3.67. The number of allylic oxidation sites excluding steroid dienone is 1. The van der Waals surface area contributed by atoms with Crippen molar-refractivity contribution < 1.29 is 19.7 Å². The third kappa shape index (κ3) is 2.37. The van der Waals surface area contributed by atoms with Gasteiger partial charge in [-0.25, -0.2) is 0 Å². The average molecular weight is 298 g/mol. The largest absolute Gasteiger partial charge is 0.504 e. The van der Waals surface area contributed by atoms with E-state index in [1.54, 1.807) is 12.1 Å². The first-order valence-electron chi connectivity index (χ1n) is 7.08. The Labute approximate surface area is 129 Å². The van der Waals surface area contributed by atoms with E-state index in [1.807, 2.05) is 24.3 Å². The highest BCUT2D eigenvalue weighted by atomic mass is 16.5. The van der Waals surface area contributed by atoms with E-state index in [9.17, 15) is 10.2 Å². The first-order valence-corrected chi connectivity index (χ1v) is 7.08. The number of phenols is 2. The second-order valence-electron chi connectivity index (χ2n) is 5.27. The van der Waals surface area contributed by atoms with Gasteiger partial charge in [0, 0.05) is 5.92 Å². The summed E-state index contributed by atoms with van der Waals surface area (Å²) in [6.07, 6.45) is 4.96. The van der Waals surface area contributed by atoms with Crippen molar-refractivity contribution >= 4 is 6.08 Å². The Morgan fingerprint density at radius 3 is 2.41 bits per heavy atom. The third-order valence-electron chi connectivity index (χ3n) is 4.04. The zero-order valence-corrected chi connectivity index (χ0v) is 12.5. The van der Waals surface area contributed by atoms with Gasteiger partial charge in [-0.2, -0.15) is 0 Å². The van der Waals surface area contributed by atoms with Gasteiger partial charge in [-0.15, -0.1) is 0 Å². The van der Waals surface area contributed by atoms with Crippen LogP contribution in [0.25, 0.3) is 6.08 Å². The van der Waals surface area contributed by atoms with Crippen molar-refractivity contribution in [1.29, 1.82) is 0 Å². The summed E-state index contributed by atoms with van der Waals surface area (Å²) >= 11 is 0. The molecule has 22 heavy (non-hydrogen) atoms. The van der Waals surface area contributed by atoms with Crippen LogP contribution in [0, 0.1) is 0 Å².